The van der Waals surface area contributed by atoms with Gasteiger partial charge in [0.1, 0.15) is 0 Å². The van der Waals surface area contributed by atoms with Crippen LogP contribution in [0, 0.1) is 0 Å². The summed E-state index contributed by atoms with van der Waals surface area (Å²) in [7, 11) is 0. The third-order valence-electron chi connectivity index (χ3n) is 1.29. The largest absolute Gasteiger partial charge is 1.00 e. The van der Waals surface area contributed by atoms with Crippen LogP contribution in [0.5, 0.6) is 0 Å². The van der Waals surface area contributed by atoms with Gasteiger partial charge in [-0.25, -0.2) is 4.79 Å². The van der Waals surface area contributed by atoms with Gasteiger partial charge in [0.25, 0.3) is 0 Å². The Kier molecular flexibility index (Phi) is 9.58. The van der Waals surface area contributed by atoms with E-state index in [1.807, 2.05) is 0 Å². The zero-order valence-corrected chi connectivity index (χ0v) is 8.01. The summed E-state index contributed by atoms with van der Waals surface area (Å²) in [6.07, 6.45) is -2.29. The summed E-state index contributed by atoms with van der Waals surface area (Å²) in [5, 5.41) is 33.8. The molecule has 0 heterocycles. The van der Waals surface area contributed by atoms with Gasteiger partial charge in [-0.15, -0.1) is 0 Å². The van der Waals surface area contributed by atoms with Gasteiger partial charge in [0.2, 0.25) is 0 Å². The van der Waals surface area contributed by atoms with E-state index in [4.69, 9.17) is 20.4 Å². The SMILES string of the molecule is O=C(O)CC(O)(CC(=O)O)C(=O)O.[B].[H-].[Li+]. The molecule has 0 aliphatic rings. The van der Waals surface area contributed by atoms with Crippen LogP contribution in [0.4, 0.5) is 0 Å². The normalized spacial score (nSPS) is 9.40. The van der Waals surface area contributed by atoms with Crippen LogP contribution in [0.2, 0.25) is 0 Å². The second-order valence-electron chi connectivity index (χ2n) is 2.48. The van der Waals surface area contributed by atoms with Crippen molar-refractivity contribution in [2.45, 2.75) is 18.4 Å². The topological polar surface area (TPSA) is 132 Å². The van der Waals surface area contributed by atoms with Gasteiger partial charge in [-0.05, 0) is 0 Å². The van der Waals surface area contributed by atoms with Gasteiger partial charge in [-0.3, -0.25) is 9.59 Å². The summed E-state index contributed by atoms with van der Waals surface area (Å²) < 4.78 is 0. The van der Waals surface area contributed by atoms with E-state index in [1.54, 1.807) is 0 Å². The molecular weight excluding hydrogens is 202 g/mol. The second-order valence-corrected chi connectivity index (χ2v) is 2.48. The van der Waals surface area contributed by atoms with Crippen LogP contribution >= 0.6 is 0 Å². The van der Waals surface area contributed by atoms with Crippen molar-refractivity contribution in [3.8, 4) is 0 Å². The third-order valence-corrected chi connectivity index (χ3v) is 1.29. The van der Waals surface area contributed by atoms with E-state index in [0.717, 1.165) is 0 Å². The van der Waals surface area contributed by atoms with Gasteiger partial charge in [0.05, 0.1) is 12.8 Å². The molecule has 0 aromatic rings. The maximum absolute atomic E-state index is 10.3. The van der Waals surface area contributed by atoms with Gasteiger partial charge in [0, 0.05) is 8.41 Å². The average molecular weight is 211 g/mol. The van der Waals surface area contributed by atoms with Crippen molar-refractivity contribution in [2.24, 2.45) is 0 Å². The maximum Gasteiger partial charge on any atom is 1.00 e. The number of aliphatic carboxylic acids is 3. The van der Waals surface area contributed by atoms with Crippen LogP contribution < -0.4 is 18.9 Å². The van der Waals surface area contributed by atoms with Crippen molar-refractivity contribution in [3.63, 3.8) is 0 Å². The van der Waals surface area contributed by atoms with E-state index in [-0.39, 0.29) is 28.7 Å². The number of hydrogen-bond acceptors (Lipinski definition) is 4. The van der Waals surface area contributed by atoms with Crippen LogP contribution in [0.1, 0.15) is 14.3 Å². The van der Waals surface area contributed by atoms with Gasteiger partial charge in [0.15, 0.2) is 5.60 Å². The fourth-order valence-corrected chi connectivity index (χ4v) is 0.714. The standard InChI is InChI=1S/C6H8O7.B.Li.H/c7-3(8)1-6(13,5(11)12)2-4(9)10;;;/h13H,1-2H2,(H,7,8)(H,9,10)(H,11,12);;;/q;;+1;-1. The van der Waals surface area contributed by atoms with Crippen molar-refractivity contribution in [2.75, 3.05) is 0 Å². The molecule has 0 aromatic heterocycles. The molecule has 0 spiro atoms. The molecule has 0 aliphatic carbocycles. The minimum Gasteiger partial charge on any atom is -1.00 e. The van der Waals surface area contributed by atoms with Crippen LogP contribution in [-0.2, 0) is 14.4 Å². The number of hydrogen-bond donors (Lipinski definition) is 4. The van der Waals surface area contributed by atoms with Crippen LogP contribution in [0.25, 0.3) is 0 Å². The summed E-state index contributed by atoms with van der Waals surface area (Å²) in [4.78, 5) is 30.5. The maximum atomic E-state index is 10.3. The number of rotatable bonds is 5. The quantitative estimate of drug-likeness (QED) is 0.336. The van der Waals surface area contributed by atoms with Crippen molar-refractivity contribution in [1.29, 1.82) is 0 Å². The average Bonchev–Trinajstić information content (AvgIpc) is 1.82. The van der Waals surface area contributed by atoms with E-state index in [9.17, 15) is 14.4 Å². The van der Waals surface area contributed by atoms with Gasteiger partial charge < -0.3 is 21.9 Å². The first-order valence-electron chi connectivity index (χ1n) is 3.17. The van der Waals surface area contributed by atoms with E-state index in [0.29, 0.717) is 0 Å². The van der Waals surface area contributed by atoms with E-state index in [2.05, 4.69) is 0 Å². The molecule has 0 bridgehead atoms. The fourth-order valence-electron chi connectivity index (χ4n) is 0.714. The summed E-state index contributed by atoms with van der Waals surface area (Å²) >= 11 is 0. The van der Waals surface area contributed by atoms with Crippen LogP contribution in [-0.4, -0.2) is 52.3 Å². The Labute approximate surface area is 100 Å². The molecule has 79 valence electrons. The fraction of sp³-hybridized carbons (Fsp3) is 0.500. The van der Waals surface area contributed by atoms with Gasteiger partial charge in [-0.2, -0.15) is 0 Å². The Bertz CT molecular complexity index is 243. The van der Waals surface area contributed by atoms with Crippen molar-refractivity contribution in [1.82, 2.24) is 0 Å². The van der Waals surface area contributed by atoms with E-state index < -0.39 is 36.4 Å². The zero-order valence-electron chi connectivity index (χ0n) is 9.01. The Morgan fingerprint density at radius 3 is 1.40 bits per heavy atom. The molecule has 0 unspecified atom stereocenters. The molecule has 0 fully saturated rings. The molecule has 0 saturated heterocycles. The van der Waals surface area contributed by atoms with Crippen LogP contribution in [0.3, 0.4) is 0 Å². The first-order valence-corrected chi connectivity index (χ1v) is 3.17. The summed E-state index contributed by atoms with van der Waals surface area (Å²) in [5.41, 5.74) is -2.74. The van der Waals surface area contributed by atoms with Crippen LogP contribution in [0.15, 0.2) is 0 Å². The third kappa shape index (κ3) is 7.02. The molecule has 4 N–H and O–H groups in total. The molecule has 0 atom stereocenters. The molecule has 0 saturated carbocycles. The van der Waals surface area contributed by atoms with Crippen molar-refractivity contribution in [3.05, 3.63) is 0 Å². The smallest absolute Gasteiger partial charge is 1.00 e. The summed E-state index contributed by atoms with van der Waals surface area (Å²) in [6, 6.07) is 0. The number of carboxylic acids is 3. The number of carboxylic acid groups (broad SMARTS) is 3. The first kappa shape index (κ1) is 19.6. The monoisotopic (exact) mass is 211 g/mol. The Hall–Kier alpha value is -0.968. The summed E-state index contributed by atoms with van der Waals surface area (Å²) in [5.74, 6) is -5.02. The molecule has 0 rings (SSSR count). The zero-order chi connectivity index (χ0) is 10.6. The molecule has 3 radical (unpaired) electrons. The van der Waals surface area contributed by atoms with E-state index in [1.165, 1.54) is 0 Å². The molecule has 15 heavy (non-hydrogen) atoms. The Balaban J connectivity index is -0.000000240. The molecule has 9 heteroatoms. The first-order chi connectivity index (χ1) is 5.78. The van der Waals surface area contributed by atoms with Crippen molar-refractivity contribution >= 4 is 26.3 Å². The Morgan fingerprint density at radius 1 is 1.00 bits per heavy atom. The molecular formula is C6H9BLiO7. The summed E-state index contributed by atoms with van der Waals surface area (Å²) in [6.45, 7) is 0. The van der Waals surface area contributed by atoms with Gasteiger partial charge in [-0.1, -0.05) is 0 Å². The molecule has 0 aromatic carbocycles. The minimum absolute atomic E-state index is 0. The molecule has 7 nitrogen and oxygen atoms in total. The number of carbonyl (C=O) groups is 3. The van der Waals surface area contributed by atoms with Gasteiger partial charge >= 0.3 is 36.8 Å². The predicted octanol–water partition coefficient (Wildman–Crippen LogP) is -4.51. The number of aliphatic hydroxyl groups is 1. The second kappa shape index (κ2) is 7.34. The molecule has 0 amide bonds. The van der Waals surface area contributed by atoms with E-state index >= 15 is 0 Å². The predicted molar refractivity (Wildman–Crippen MR) is 44.0 cm³/mol. The molecule has 0 aliphatic heterocycles. The Morgan fingerprint density at radius 2 is 1.27 bits per heavy atom. The minimum atomic E-state index is -2.74. The van der Waals surface area contributed by atoms with Crippen molar-refractivity contribution < 1.29 is 55.1 Å².